The number of alkyl halides is 6. The average molecular weight is 517 g/mol. The van der Waals surface area contributed by atoms with Gasteiger partial charge in [-0.05, 0) is 60.6 Å². The van der Waals surface area contributed by atoms with Crippen molar-refractivity contribution >= 4 is 17.5 Å². The van der Waals surface area contributed by atoms with Crippen LogP contribution in [-0.2, 0) is 34.9 Å². The average Bonchev–Trinajstić information content (AvgIpc) is 3.20. The number of carbonyl (C=O) groups excluding carboxylic acids is 1. The summed E-state index contributed by atoms with van der Waals surface area (Å²) in [5.74, 6) is -0.887. The van der Waals surface area contributed by atoms with Gasteiger partial charge in [-0.3, -0.25) is 4.79 Å². The van der Waals surface area contributed by atoms with Crippen LogP contribution in [0, 0.1) is 6.92 Å². The minimum atomic E-state index is -4.76. The number of carbonyl (C=O) groups is 1. The number of nitrogens with zero attached hydrogens (tertiary/aromatic N) is 1. The molecule has 0 saturated carbocycles. The lowest BCUT2D eigenvalue weighted by Gasteiger charge is -2.16. The van der Waals surface area contributed by atoms with Crippen LogP contribution in [0.4, 0.5) is 26.3 Å². The van der Waals surface area contributed by atoms with Crippen molar-refractivity contribution in [2.45, 2.75) is 45.6 Å². The quantitative estimate of drug-likeness (QED) is 0.234. The molecule has 0 N–H and O–H groups in total. The third-order valence-electron chi connectivity index (χ3n) is 5.12. The highest BCUT2D eigenvalue weighted by Gasteiger charge is 2.39. The normalized spacial score (nSPS) is 12.0. The van der Waals surface area contributed by atoms with Crippen molar-refractivity contribution < 1.29 is 40.6 Å². The number of rotatable bonds is 8. The van der Waals surface area contributed by atoms with Crippen LogP contribution in [-0.4, -0.2) is 16.9 Å². The van der Waals surface area contributed by atoms with Gasteiger partial charge in [0.1, 0.15) is 12.4 Å². The number of esters is 1. The summed E-state index contributed by atoms with van der Waals surface area (Å²) >= 11 is 0.655. The third-order valence-corrected chi connectivity index (χ3v) is 6.04. The van der Waals surface area contributed by atoms with Gasteiger partial charge < -0.3 is 9.47 Å². The van der Waals surface area contributed by atoms with Gasteiger partial charge in [0.2, 0.25) is 0 Å². The number of hydrogen-bond donors (Lipinski definition) is 0. The highest BCUT2D eigenvalue weighted by Crippen LogP contribution is 2.41. The van der Waals surface area contributed by atoms with Gasteiger partial charge >= 0.3 is 18.3 Å². The predicted octanol–water partition coefficient (Wildman–Crippen LogP) is 7.23. The molecule has 2 aromatic carbocycles. The lowest BCUT2D eigenvalue weighted by molar-refractivity contribution is -0.144. The van der Waals surface area contributed by atoms with Crippen LogP contribution in [0.2, 0.25) is 0 Å². The van der Waals surface area contributed by atoms with Crippen molar-refractivity contribution in [2.75, 3.05) is 6.61 Å². The van der Waals surface area contributed by atoms with Gasteiger partial charge in [-0.1, -0.05) is 30.3 Å². The predicted molar refractivity (Wildman–Crippen MR) is 118 cm³/mol. The molecule has 35 heavy (non-hydrogen) atoms. The Balaban J connectivity index is 1.91. The van der Waals surface area contributed by atoms with E-state index in [0.29, 0.717) is 17.1 Å². The largest absolute Gasteiger partial charge is 0.489 e. The van der Waals surface area contributed by atoms with E-state index < -0.39 is 36.2 Å². The molecule has 188 valence electrons. The van der Waals surface area contributed by atoms with Gasteiger partial charge in [-0.25, -0.2) is 0 Å². The molecule has 0 atom stereocenters. The van der Waals surface area contributed by atoms with Crippen molar-refractivity contribution in [3.63, 3.8) is 0 Å². The van der Waals surface area contributed by atoms with E-state index in [0.717, 1.165) is 17.7 Å². The van der Waals surface area contributed by atoms with Crippen molar-refractivity contribution in [1.29, 1.82) is 0 Å². The zero-order valence-corrected chi connectivity index (χ0v) is 19.5. The van der Waals surface area contributed by atoms with Crippen molar-refractivity contribution in [2.24, 2.45) is 0 Å². The number of aryl methyl sites for hydroxylation is 2. The van der Waals surface area contributed by atoms with Crippen LogP contribution in [0.15, 0.2) is 42.5 Å². The minimum Gasteiger partial charge on any atom is -0.489 e. The molecule has 0 aliphatic carbocycles. The SMILES string of the molecule is CCOC(=O)CCc1ccc(OCc2c(C(F)(F)F)nsc2-c2ccccc2C)cc1C(F)(F)F. The highest BCUT2D eigenvalue weighted by atomic mass is 32.1. The Kier molecular flexibility index (Phi) is 8.09. The number of benzene rings is 2. The first-order valence-corrected chi connectivity index (χ1v) is 11.3. The van der Waals surface area contributed by atoms with Gasteiger partial charge in [-0.15, -0.1) is 0 Å². The van der Waals surface area contributed by atoms with E-state index in [4.69, 9.17) is 9.47 Å². The second kappa shape index (κ2) is 10.7. The smallest absolute Gasteiger partial charge is 0.434 e. The molecule has 0 unspecified atom stereocenters. The topological polar surface area (TPSA) is 48.4 Å². The fraction of sp³-hybridized carbons (Fsp3) is 0.333. The summed E-state index contributed by atoms with van der Waals surface area (Å²) < 4.78 is 95.4. The van der Waals surface area contributed by atoms with Crippen LogP contribution >= 0.6 is 11.5 Å². The molecule has 0 radical (unpaired) electrons. The van der Waals surface area contributed by atoms with Gasteiger partial charge in [0.05, 0.1) is 17.0 Å². The second-order valence-electron chi connectivity index (χ2n) is 7.56. The monoisotopic (exact) mass is 517 g/mol. The van der Waals surface area contributed by atoms with Crippen LogP contribution in [0.1, 0.15) is 41.3 Å². The summed E-state index contributed by atoms with van der Waals surface area (Å²) in [4.78, 5) is 11.8. The summed E-state index contributed by atoms with van der Waals surface area (Å²) in [5.41, 5.74) is -1.31. The first kappa shape index (κ1) is 26.5. The van der Waals surface area contributed by atoms with Crippen molar-refractivity contribution in [3.8, 4) is 16.2 Å². The van der Waals surface area contributed by atoms with Gasteiger partial charge in [0.25, 0.3) is 0 Å². The summed E-state index contributed by atoms with van der Waals surface area (Å²) in [7, 11) is 0. The van der Waals surface area contributed by atoms with Gasteiger partial charge in [-0.2, -0.15) is 30.7 Å². The molecule has 1 heterocycles. The molecule has 0 aliphatic rings. The van der Waals surface area contributed by atoms with Gasteiger partial charge in [0, 0.05) is 12.0 Å². The summed E-state index contributed by atoms with van der Waals surface area (Å²) in [5, 5.41) is 0. The van der Waals surface area contributed by atoms with Crippen LogP contribution in [0.3, 0.4) is 0 Å². The molecule has 0 spiro atoms. The molecule has 0 fully saturated rings. The molecule has 3 rings (SSSR count). The summed E-state index contributed by atoms with van der Waals surface area (Å²) in [6.45, 7) is 2.80. The second-order valence-corrected chi connectivity index (χ2v) is 8.34. The fourth-order valence-corrected chi connectivity index (χ4v) is 4.45. The van der Waals surface area contributed by atoms with E-state index in [1.807, 2.05) is 0 Å². The van der Waals surface area contributed by atoms with Gasteiger partial charge in [0.15, 0.2) is 5.69 Å². The lowest BCUT2D eigenvalue weighted by atomic mass is 10.0. The fourth-order valence-electron chi connectivity index (χ4n) is 3.46. The maximum absolute atomic E-state index is 13.6. The van der Waals surface area contributed by atoms with E-state index >= 15 is 0 Å². The maximum Gasteiger partial charge on any atom is 0.434 e. The van der Waals surface area contributed by atoms with E-state index in [2.05, 4.69) is 4.37 Å². The molecule has 0 saturated heterocycles. The van der Waals surface area contributed by atoms with E-state index in [1.54, 1.807) is 38.1 Å². The number of aromatic nitrogens is 1. The number of hydrogen-bond acceptors (Lipinski definition) is 5. The lowest BCUT2D eigenvalue weighted by Crippen LogP contribution is -2.13. The Morgan fingerprint density at radius 1 is 1.03 bits per heavy atom. The molecule has 3 aromatic rings. The standard InChI is InChI=1S/C24H21F6NO3S/c1-3-33-20(32)11-9-15-8-10-16(12-19(15)23(25,26)27)34-13-18-21(17-7-5-4-6-14(17)2)35-31-22(18)24(28,29)30/h4-8,10,12H,3,9,11,13H2,1-2H3. The summed E-state index contributed by atoms with van der Waals surface area (Å²) in [6.07, 6.45) is -9.97. The molecule has 0 bridgehead atoms. The first-order chi connectivity index (χ1) is 16.4. The number of ether oxygens (including phenoxy) is 2. The Morgan fingerprint density at radius 3 is 2.37 bits per heavy atom. The van der Waals surface area contributed by atoms with E-state index in [9.17, 15) is 31.1 Å². The van der Waals surface area contributed by atoms with E-state index in [-0.39, 0.29) is 41.2 Å². The molecular formula is C24H21F6NO3S. The zero-order chi connectivity index (χ0) is 25.8. The van der Waals surface area contributed by atoms with Crippen LogP contribution in [0.25, 0.3) is 10.4 Å². The first-order valence-electron chi connectivity index (χ1n) is 10.5. The maximum atomic E-state index is 13.6. The molecule has 4 nitrogen and oxygen atoms in total. The molecule has 0 amide bonds. The zero-order valence-electron chi connectivity index (χ0n) is 18.7. The molecule has 0 aliphatic heterocycles. The minimum absolute atomic E-state index is 0.111. The Morgan fingerprint density at radius 2 is 1.74 bits per heavy atom. The van der Waals surface area contributed by atoms with Crippen molar-refractivity contribution in [3.05, 3.63) is 70.4 Å². The Bertz CT molecular complexity index is 1190. The third kappa shape index (κ3) is 6.53. The van der Waals surface area contributed by atoms with Crippen molar-refractivity contribution in [1.82, 2.24) is 4.37 Å². The summed E-state index contributed by atoms with van der Waals surface area (Å²) in [6, 6.07) is 9.89. The van der Waals surface area contributed by atoms with Crippen LogP contribution in [0.5, 0.6) is 5.75 Å². The Labute approximate surface area is 201 Å². The van der Waals surface area contributed by atoms with Crippen LogP contribution < -0.4 is 4.74 Å². The number of halogens is 6. The molecular weight excluding hydrogens is 496 g/mol. The molecule has 11 heteroatoms. The van der Waals surface area contributed by atoms with E-state index in [1.165, 1.54) is 6.07 Å². The molecule has 1 aromatic heterocycles. The highest BCUT2D eigenvalue weighted by molar-refractivity contribution is 7.09. The Hall–Kier alpha value is -3.08.